The smallest absolute Gasteiger partial charge is 0.214 e. The Morgan fingerprint density at radius 2 is 2.04 bits per heavy atom. The third-order valence-corrected chi connectivity index (χ3v) is 4.92. The zero-order chi connectivity index (χ0) is 19.8. The third kappa shape index (κ3) is 3.50. The number of anilines is 1. The molecule has 0 spiro atoms. The van der Waals surface area contributed by atoms with Crippen LogP contribution < -0.4 is 9.64 Å². The lowest BCUT2D eigenvalue weighted by Gasteiger charge is -2.21. The van der Waals surface area contributed by atoms with Crippen LogP contribution in [0.1, 0.15) is 13.8 Å². The summed E-state index contributed by atoms with van der Waals surface area (Å²) in [5.41, 5.74) is 2.25. The van der Waals surface area contributed by atoms with Crippen LogP contribution in [-0.4, -0.2) is 80.6 Å². The molecule has 1 fully saturated rings. The van der Waals surface area contributed by atoms with Gasteiger partial charge in [-0.15, -0.1) is 0 Å². The maximum atomic E-state index is 10.3. The molecule has 1 saturated heterocycles. The molecule has 0 bridgehead atoms. The minimum Gasteiger partial charge on any atom is -0.475 e. The standard InChI is InChI=1S/C19H25N7O2/c1-11(2)28-18-5-12-14(7-20-18)23-24-19(12)13-6-17(22-10-21-13)26-8-15(25(3)4)16(27)9-26/h5-7,10-11,15-16,27H,8-9H2,1-4H3,(H,23,24). The number of fused-ring (bicyclic) bond motifs is 1. The molecule has 2 atom stereocenters. The van der Waals surface area contributed by atoms with E-state index in [0.29, 0.717) is 24.7 Å². The van der Waals surface area contributed by atoms with Crippen molar-refractivity contribution in [2.45, 2.75) is 32.1 Å². The maximum Gasteiger partial charge on any atom is 0.214 e. The van der Waals surface area contributed by atoms with Gasteiger partial charge in [0, 0.05) is 30.6 Å². The largest absolute Gasteiger partial charge is 0.475 e. The van der Waals surface area contributed by atoms with E-state index in [-0.39, 0.29) is 12.1 Å². The molecular formula is C19H25N7O2. The summed E-state index contributed by atoms with van der Waals surface area (Å²) in [5, 5.41) is 18.6. The normalized spacial score (nSPS) is 19.9. The number of hydrogen-bond acceptors (Lipinski definition) is 8. The first-order chi connectivity index (χ1) is 13.4. The molecule has 148 valence electrons. The molecule has 4 heterocycles. The van der Waals surface area contributed by atoms with Crippen LogP contribution in [0.5, 0.6) is 5.88 Å². The van der Waals surface area contributed by atoms with Crippen molar-refractivity contribution in [2.75, 3.05) is 32.1 Å². The van der Waals surface area contributed by atoms with E-state index < -0.39 is 6.10 Å². The Balaban J connectivity index is 1.66. The van der Waals surface area contributed by atoms with Crippen LogP contribution in [0, 0.1) is 0 Å². The molecule has 3 aromatic rings. The van der Waals surface area contributed by atoms with Gasteiger partial charge in [-0.05, 0) is 27.9 Å². The summed E-state index contributed by atoms with van der Waals surface area (Å²) >= 11 is 0. The van der Waals surface area contributed by atoms with Crippen molar-refractivity contribution in [1.82, 2.24) is 30.0 Å². The first-order valence-electron chi connectivity index (χ1n) is 9.35. The van der Waals surface area contributed by atoms with Crippen molar-refractivity contribution in [3.63, 3.8) is 0 Å². The highest BCUT2D eigenvalue weighted by Gasteiger charge is 2.33. The summed E-state index contributed by atoms with van der Waals surface area (Å²) in [6.07, 6.45) is 2.87. The van der Waals surface area contributed by atoms with E-state index in [0.717, 1.165) is 22.4 Å². The molecule has 0 radical (unpaired) electrons. The fourth-order valence-corrected chi connectivity index (χ4v) is 3.51. The van der Waals surface area contributed by atoms with Crippen LogP contribution in [-0.2, 0) is 0 Å². The van der Waals surface area contributed by atoms with E-state index in [1.165, 1.54) is 6.33 Å². The third-order valence-electron chi connectivity index (χ3n) is 4.92. The Bertz CT molecular complexity index is 972. The highest BCUT2D eigenvalue weighted by Crippen LogP contribution is 2.29. The number of nitrogens with zero attached hydrogens (tertiary/aromatic N) is 6. The SMILES string of the molecule is CC(C)Oc1cc2c(-c3cc(N4CC(O)C(N(C)C)C4)ncn3)n[nH]c2cn1. The molecule has 4 rings (SSSR count). The second-order valence-corrected chi connectivity index (χ2v) is 7.57. The van der Waals surface area contributed by atoms with E-state index in [1.54, 1.807) is 6.20 Å². The molecule has 0 aliphatic carbocycles. The van der Waals surface area contributed by atoms with Crippen LogP contribution in [0.4, 0.5) is 5.82 Å². The number of aromatic amines is 1. The van der Waals surface area contributed by atoms with Crippen molar-refractivity contribution in [1.29, 1.82) is 0 Å². The number of aliphatic hydroxyl groups is 1. The molecule has 2 unspecified atom stereocenters. The van der Waals surface area contributed by atoms with Crippen LogP contribution in [0.15, 0.2) is 24.7 Å². The second-order valence-electron chi connectivity index (χ2n) is 7.57. The fraction of sp³-hybridized carbons (Fsp3) is 0.474. The second kappa shape index (κ2) is 7.33. The zero-order valence-electron chi connectivity index (χ0n) is 16.5. The van der Waals surface area contributed by atoms with Gasteiger partial charge in [0.05, 0.1) is 35.7 Å². The molecule has 3 aromatic heterocycles. The lowest BCUT2D eigenvalue weighted by atomic mass is 10.2. The van der Waals surface area contributed by atoms with E-state index in [9.17, 15) is 5.11 Å². The molecule has 2 N–H and O–H groups in total. The number of aromatic nitrogens is 5. The number of pyridine rings is 1. The van der Waals surface area contributed by atoms with Gasteiger partial charge in [0.25, 0.3) is 0 Å². The summed E-state index contributed by atoms with van der Waals surface area (Å²) in [4.78, 5) is 17.2. The highest BCUT2D eigenvalue weighted by atomic mass is 16.5. The number of hydrogen-bond donors (Lipinski definition) is 2. The molecule has 28 heavy (non-hydrogen) atoms. The molecule has 0 amide bonds. The number of H-pyrrole nitrogens is 1. The van der Waals surface area contributed by atoms with E-state index >= 15 is 0 Å². The maximum absolute atomic E-state index is 10.3. The predicted molar refractivity (Wildman–Crippen MR) is 106 cm³/mol. The van der Waals surface area contributed by atoms with Crippen LogP contribution >= 0.6 is 0 Å². The van der Waals surface area contributed by atoms with Crippen LogP contribution in [0.2, 0.25) is 0 Å². The number of β-amino-alcohol motifs (C(OH)–C–C–N with tert-alkyl or cyclic N) is 1. The van der Waals surface area contributed by atoms with Gasteiger partial charge < -0.3 is 19.6 Å². The topological polar surface area (TPSA) is 103 Å². The Morgan fingerprint density at radius 1 is 1.21 bits per heavy atom. The Labute approximate surface area is 163 Å². The van der Waals surface area contributed by atoms with Gasteiger partial charge in [0.1, 0.15) is 17.8 Å². The number of ether oxygens (including phenoxy) is 1. The van der Waals surface area contributed by atoms with E-state index in [1.807, 2.05) is 45.0 Å². The van der Waals surface area contributed by atoms with Crippen molar-refractivity contribution < 1.29 is 9.84 Å². The van der Waals surface area contributed by atoms with Gasteiger partial charge in [0.15, 0.2) is 0 Å². The summed E-state index contributed by atoms with van der Waals surface area (Å²) in [5.74, 6) is 1.33. The minimum atomic E-state index is -0.415. The summed E-state index contributed by atoms with van der Waals surface area (Å²) in [6.45, 7) is 5.17. The van der Waals surface area contributed by atoms with Crippen molar-refractivity contribution in [2.24, 2.45) is 0 Å². The Hall–Kier alpha value is -2.78. The predicted octanol–water partition coefficient (Wildman–Crippen LogP) is 1.31. The van der Waals surface area contributed by atoms with E-state index in [4.69, 9.17) is 4.74 Å². The number of nitrogens with one attached hydrogen (secondary N) is 1. The first-order valence-corrected chi connectivity index (χ1v) is 9.35. The van der Waals surface area contributed by atoms with Crippen molar-refractivity contribution in [3.8, 4) is 17.3 Å². The Morgan fingerprint density at radius 3 is 2.75 bits per heavy atom. The Kier molecular flexibility index (Phi) is 4.86. The average Bonchev–Trinajstić information content (AvgIpc) is 3.24. The molecule has 0 aromatic carbocycles. The average molecular weight is 383 g/mol. The van der Waals surface area contributed by atoms with Crippen LogP contribution in [0.25, 0.3) is 22.3 Å². The monoisotopic (exact) mass is 383 g/mol. The minimum absolute atomic E-state index is 0.0391. The lowest BCUT2D eigenvalue weighted by molar-refractivity contribution is 0.114. The highest BCUT2D eigenvalue weighted by molar-refractivity contribution is 5.92. The zero-order valence-corrected chi connectivity index (χ0v) is 16.5. The molecule has 9 nitrogen and oxygen atoms in total. The molecule has 9 heteroatoms. The molecule has 1 aliphatic heterocycles. The van der Waals surface area contributed by atoms with Crippen molar-refractivity contribution >= 4 is 16.7 Å². The summed E-state index contributed by atoms with van der Waals surface area (Å²) in [6, 6.07) is 3.85. The van der Waals surface area contributed by atoms with Crippen molar-refractivity contribution in [3.05, 3.63) is 24.7 Å². The lowest BCUT2D eigenvalue weighted by Crippen LogP contribution is -2.38. The number of likely N-dealkylation sites (N-methyl/N-ethyl adjacent to an activating group) is 1. The van der Waals surface area contributed by atoms with E-state index in [2.05, 4.69) is 30.0 Å². The van der Waals surface area contributed by atoms with Gasteiger partial charge in [0.2, 0.25) is 5.88 Å². The quantitative estimate of drug-likeness (QED) is 0.680. The van der Waals surface area contributed by atoms with Gasteiger partial charge in [-0.1, -0.05) is 0 Å². The summed E-state index contributed by atoms with van der Waals surface area (Å²) < 4.78 is 5.71. The molecular weight excluding hydrogens is 358 g/mol. The molecule has 0 saturated carbocycles. The molecule has 1 aliphatic rings. The summed E-state index contributed by atoms with van der Waals surface area (Å²) in [7, 11) is 3.95. The van der Waals surface area contributed by atoms with Gasteiger partial charge in [-0.2, -0.15) is 5.10 Å². The number of aliphatic hydroxyl groups excluding tert-OH is 1. The number of rotatable bonds is 5. The van der Waals surface area contributed by atoms with Crippen LogP contribution in [0.3, 0.4) is 0 Å². The van der Waals surface area contributed by atoms with Gasteiger partial charge in [-0.25, -0.2) is 15.0 Å². The van der Waals surface area contributed by atoms with Gasteiger partial charge >= 0.3 is 0 Å². The first kappa shape index (κ1) is 18.6. The fourth-order valence-electron chi connectivity index (χ4n) is 3.51. The van der Waals surface area contributed by atoms with Gasteiger partial charge in [-0.3, -0.25) is 5.10 Å².